The van der Waals surface area contributed by atoms with Crippen molar-refractivity contribution in [1.29, 1.82) is 0 Å². The minimum atomic E-state index is -3.34. The normalized spacial score (nSPS) is 21.6. The maximum absolute atomic E-state index is 12.7. The zero-order valence-corrected chi connectivity index (χ0v) is 14.7. The van der Waals surface area contributed by atoms with E-state index in [-0.39, 0.29) is 11.5 Å². The number of carbonyl (C=O) groups is 1. The van der Waals surface area contributed by atoms with Crippen LogP contribution in [0.15, 0.2) is 10.7 Å². The molecular formula is C13H20BrN3O3S. The Morgan fingerprint density at radius 2 is 2.19 bits per heavy atom. The molecule has 6 nitrogen and oxygen atoms in total. The first-order valence-corrected chi connectivity index (χ1v) is 9.45. The first kappa shape index (κ1) is 16.6. The second kappa shape index (κ2) is 6.58. The molecule has 118 valence electrons. The quantitative estimate of drug-likeness (QED) is 0.724. The van der Waals surface area contributed by atoms with Gasteiger partial charge in [-0.25, -0.2) is 8.42 Å². The Kier molecular flexibility index (Phi) is 5.21. The molecule has 1 unspecified atom stereocenters. The standard InChI is InChI=1S/C13H20BrN3O3S/c1-16(2)6-7-17-12(10(14)9-15-17)13(18)11-5-3-4-8-21(11,19)20/h9,11H,3-8H2,1-2H3. The van der Waals surface area contributed by atoms with E-state index in [0.29, 0.717) is 29.6 Å². The molecule has 0 aliphatic carbocycles. The van der Waals surface area contributed by atoms with Gasteiger partial charge >= 0.3 is 0 Å². The van der Waals surface area contributed by atoms with Gasteiger partial charge < -0.3 is 4.90 Å². The second-order valence-electron chi connectivity index (χ2n) is 5.58. The summed E-state index contributed by atoms with van der Waals surface area (Å²) in [5, 5.41) is 3.26. The number of rotatable bonds is 5. The van der Waals surface area contributed by atoms with E-state index in [1.54, 1.807) is 10.9 Å². The zero-order chi connectivity index (χ0) is 15.6. The van der Waals surface area contributed by atoms with Crippen molar-refractivity contribution in [3.63, 3.8) is 0 Å². The molecular weight excluding hydrogens is 358 g/mol. The lowest BCUT2D eigenvalue weighted by molar-refractivity contribution is 0.0969. The molecule has 2 heterocycles. The molecule has 0 aromatic carbocycles. The van der Waals surface area contributed by atoms with Gasteiger partial charge in [-0.15, -0.1) is 0 Å². The third kappa shape index (κ3) is 3.73. The van der Waals surface area contributed by atoms with Crippen LogP contribution in [-0.2, 0) is 16.4 Å². The van der Waals surface area contributed by atoms with Crippen molar-refractivity contribution in [3.8, 4) is 0 Å². The molecule has 0 N–H and O–H groups in total. The summed E-state index contributed by atoms with van der Waals surface area (Å²) in [6.45, 7) is 1.28. The SMILES string of the molecule is CN(C)CCn1ncc(Br)c1C(=O)C1CCCCS1(=O)=O. The lowest BCUT2D eigenvalue weighted by Crippen LogP contribution is -2.37. The minimum absolute atomic E-state index is 0.104. The van der Waals surface area contributed by atoms with Crippen LogP contribution in [0.3, 0.4) is 0 Å². The number of hydrogen-bond acceptors (Lipinski definition) is 5. The molecule has 1 atom stereocenters. The molecule has 0 spiro atoms. The van der Waals surface area contributed by atoms with Crippen molar-refractivity contribution >= 4 is 31.6 Å². The van der Waals surface area contributed by atoms with Gasteiger partial charge in [0.25, 0.3) is 0 Å². The van der Waals surface area contributed by atoms with Gasteiger partial charge in [0.2, 0.25) is 0 Å². The van der Waals surface area contributed by atoms with E-state index in [4.69, 9.17) is 0 Å². The van der Waals surface area contributed by atoms with Gasteiger partial charge in [-0.05, 0) is 42.9 Å². The molecule has 0 radical (unpaired) electrons. The van der Waals surface area contributed by atoms with Crippen LogP contribution < -0.4 is 0 Å². The summed E-state index contributed by atoms with van der Waals surface area (Å²) in [5.41, 5.74) is 0.368. The van der Waals surface area contributed by atoms with Crippen LogP contribution in [0.4, 0.5) is 0 Å². The van der Waals surface area contributed by atoms with Crippen molar-refractivity contribution in [1.82, 2.24) is 14.7 Å². The number of halogens is 1. The highest BCUT2D eigenvalue weighted by molar-refractivity contribution is 9.10. The van der Waals surface area contributed by atoms with Crippen molar-refractivity contribution in [2.75, 3.05) is 26.4 Å². The highest BCUT2D eigenvalue weighted by Crippen LogP contribution is 2.26. The molecule has 1 aromatic rings. The van der Waals surface area contributed by atoms with E-state index in [9.17, 15) is 13.2 Å². The number of likely N-dealkylation sites (N-methyl/N-ethyl adjacent to an activating group) is 1. The molecule has 1 aliphatic rings. The predicted molar refractivity (Wildman–Crippen MR) is 84.2 cm³/mol. The van der Waals surface area contributed by atoms with E-state index >= 15 is 0 Å². The van der Waals surface area contributed by atoms with E-state index in [0.717, 1.165) is 13.0 Å². The average Bonchev–Trinajstić information content (AvgIpc) is 2.76. The van der Waals surface area contributed by atoms with Gasteiger partial charge in [0.1, 0.15) is 10.9 Å². The lowest BCUT2D eigenvalue weighted by Gasteiger charge is -2.21. The number of nitrogens with zero attached hydrogens (tertiary/aromatic N) is 3. The average molecular weight is 378 g/mol. The minimum Gasteiger partial charge on any atom is -0.308 e. The summed E-state index contributed by atoms with van der Waals surface area (Å²) in [6, 6.07) is 0. The van der Waals surface area contributed by atoms with E-state index in [1.165, 1.54) is 0 Å². The van der Waals surface area contributed by atoms with Gasteiger partial charge in [-0.3, -0.25) is 9.48 Å². The molecule has 2 rings (SSSR count). The smallest absolute Gasteiger partial charge is 0.200 e. The first-order valence-electron chi connectivity index (χ1n) is 6.95. The molecule has 0 amide bonds. The Hall–Kier alpha value is -0.730. The van der Waals surface area contributed by atoms with Crippen LogP contribution in [-0.4, -0.2) is 60.5 Å². The molecule has 0 saturated carbocycles. The summed E-state index contributed by atoms with van der Waals surface area (Å²) in [5.74, 6) is -0.231. The largest absolute Gasteiger partial charge is 0.308 e. The summed E-state index contributed by atoms with van der Waals surface area (Å²) in [4.78, 5) is 14.7. The van der Waals surface area contributed by atoms with Gasteiger partial charge in [0.05, 0.1) is 23.0 Å². The summed E-state index contributed by atoms with van der Waals surface area (Å²) in [7, 11) is 0.537. The Balaban J connectivity index is 2.28. The van der Waals surface area contributed by atoms with Crippen LogP contribution in [0.5, 0.6) is 0 Å². The van der Waals surface area contributed by atoms with Crippen LogP contribution in [0.25, 0.3) is 0 Å². The third-order valence-electron chi connectivity index (χ3n) is 3.66. The topological polar surface area (TPSA) is 72.3 Å². The van der Waals surface area contributed by atoms with Crippen molar-refractivity contribution in [3.05, 3.63) is 16.4 Å². The van der Waals surface area contributed by atoms with Crippen molar-refractivity contribution < 1.29 is 13.2 Å². The second-order valence-corrected chi connectivity index (χ2v) is 8.74. The van der Waals surface area contributed by atoms with Gasteiger partial charge in [0, 0.05) is 6.54 Å². The molecule has 8 heteroatoms. The number of ketones is 1. The van der Waals surface area contributed by atoms with Gasteiger partial charge in [0.15, 0.2) is 15.6 Å². The fourth-order valence-electron chi connectivity index (χ4n) is 2.47. The number of Topliss-reactive ketones (excluding diaryl/α,β-unsaturated/α-hetero) is 1. The zero-order valence-electron chi connectivity index (χ0n) is 12.2. The molecule has 1 fully saturated rings. The molecule has 1 saturated heterocycles. The van der Waals surface area contributed by atoms with Crippen molar-refractivity contribution in [2.45, 2.75) is 31.1 Å². The van der Waals surface area contributed by atoms with Crippen LogP contribution in [0.2, 0.25) is 0 Å². The Bertz CT molecular complexity index is 625. The van der Waals surface area contributed by atoms with E-state index < -0.39 is 15.1 Å². The van der Waals surface area contributed by atoms with Crippen LogP contribution >= 0.6 is 15.9 Å². The molecule has 1 aliphatic heterocycles. The lowest BCUT2D eigenvalue weighted by atomic mass is 10.1. The number of carbonyl (C=O) groups excluding carboxylic acids is 1. The Morgan fingerprint density at radius 3 is 2.81 bits per heavy atom. The molecule has 1 aromatic heterocycles. The fourth-order valence-corrected chi connectivity index (χ4v) is 4.82. The van der Waals surface area contributed by atoms with Crippen LogP contribution in [0.1, 0.15) is 29.8 Å². The molecule has 0 bridgehead atoms. The van der Waals surface area contributed by atoms with Gasteiger partial charge in [-0.2, -0.15) is 5.10 Å². The number of aromatic nitrogens is 2. The summed E-state index contributed by atoms with van der Waals surface area (Å²) >= 11 is 3.32. The Morgan fingerprint density at radius 1 is 1.48 bits per heavy atom. The van der Waals surface area contributed by atoms with Gasteiger partial charge in [-0.1, -0.05) is 6.42 Å². The maximum atomic E-state index is 12.7. The van der Waals surface area contributed by atoms with Crippen LogP contribution in [0, 0.1) is 0 Å². The fraction of sp³-hybridized carbons (Fsp3) is 0.692. The van der Waals surface area contributed by atoms with Crippen molar-refractivity contribution in [2.24, 2.45) is 0 Å². The van der Waals surface area contributed by atoms with E-state index in [1.807, 2.05) is 19.0 Å². The number of hydrogen-bond donors (Lipinski definition) is 0. The highest BCUT2D eigenvalue weighted by atomic mass is 79.9. The summed E-state index contributed by atoms with van der Waals surface area (Å²) in [6.07, 6.45) is 3.39. The maximum Gasteiger partial charge on any atom is 0.200 e. The third-order valence-corrected chi connectivity index (χ3v) is 6.41. The number of sulfone groups is 1. The summed E-state index contributed by atoms with van der Waals surface area (Å²) < 4.78 is 26.4. The highest BCUT2D eigenvalue weighted by Gasteiger charge is 2.37. The monoisotopic (exact) mass is 377 g/mol. The van der Waals surface area contributed by atoms with E-state index in [2.05, 4.69) is 21.0 Å². The predicted octanol–water partition coefficient (Wildman–Crippen LogP) is 1.36. The Labute approximate surface area is 133 Å². The first-order chi connectivity index (χ1) is 9.83. The molecule has 21 heavy (non-hydrogen) atoms.